The minimum atomic E-state index is -0.812. The Morgan fingerprint density at radius 3 is 2.56 bits per heavy atom. The maximum Gasteiger partial charge on any atom is 0.243 e. The fourth-order valence-electron chi connectivity index (χ4n) is 3.36. The van der Waals surface area contributed by atoms with E-state index in [2.05, 4.69) is 5.32 Å². The van der Waals surface area contributed by atoms with Crippen molar-refractivity contribution in [2.45, 2.75) is 38.1 Å². The Morgan fingerprint density at radius 2 is 1.88 bits per heavy atom. The number of ether oxygens (including phenoxy) is 2. The third-order valence-corrected chi connectivity index (χ3v) is 4.75. The van der Waals surface area contributed by atoms with E-state index >= 15 is 0 Å². The summed E-state index contributed by atoms with van der Waals surface area (Å²) < 4.78 is 11.0. The van der Waals surface area contributed by atoms with Gasteiger partial charge in [-0.2, -0.15) is 0 Å². The summed E-state index contributed by atoms with van der Waals surface area (Å²) in [7, 11) is 0. The van der Waals surface area contributed by atoms with E-state index in [4.69, 9.17) is 15.2 Å². The van der Waals surface area contributed by atoms with Crippen LogP contribution in [0.15, 0.2) is 18.2 Å². The van der Waals surface area contributed by atoms with Crippen LogP contribution in [0, 0.1) is 0 Å². The quantitative estimate of drug-likeness (QED) is 0.842. The molecule has 7 heteroatoms. The molecule has 25 heavy (non-hydrogen) atoms. The van der Waals surface area contributed by atoms with Crippen molar-refractivity contribution in [3.05, 3.63) is 18.2 Å². The van der Waals surface area contributed by atoms with Crippen molar-refractivity contribution in [1.82, 2.24) is 4.90 Å². The molecule has 1 aliphatic heterocycles. The van der Waals surface area contributed by atoms with Crippen LogP contribution in [0.25, 0.3) is 0 Å². The molecule has 3 N–H and O–H groups in total. The first-order valence-electron chi connectivity index (χ1n) is 8.79. The molecule has 2 aliphatic rings. The molecule has 136 valence electrons. The predicted octanol–water partition coefficient (Wildman–Crippen LogP) is 1.52. The molecule has 3 rings (SSSR count). The van der Waals surface area contributed by atoms with Gasteiger partial charge in [-0.3, -0.25) is 9.59 Å². The Labute approximate surface area is 147 Å². The molecule has 1 aromatic rings. The average molecular weight is 347 g/mol. The van der Waals surface area contributed by atoms with Gasteiger partial charge in [-0.15, -0.1) is 0 Å². The highest BCUT2D eigenvalue weighted by Gasteiger charge is 2.39. The van der Waals surface area contributed by atoms with Gasteiger partial charge < -0.3 is 25.4 Å². The molecular formula is C18H25N3O4. The first-order valence-corrected chi connectivity index (χ1v) is 8.79. The van der Waals surface area contributed by atoms with Gasteiger partial charge in [0.1, 0.15) is 13.2 Å². The number of rotatable bonds is 5. The van der Waals surface area contributed by atoms with Crippen molar-refractivity contribution in [1.29, 1.82) is 0 Å². The largest absolute Gasteiger partial charge is 0.486 e. The number of fused-ring (bicyclic) bond motifs is 1. The summed E-state index contributed by atoms with van der Waals surface area (Å²) >= 11 is 0. The van der Waals surface area contributed by atoms with Gasteiger partial charge in [-0.1, -0.05) is 12.8 Å². The van der Waals surface area contributed by atoms with E-state index < -0.39 is 5.54 Å². The molecule has 0 spiro atoms. The monoisotopic (exact) mass is 347 g/mol. The summed E-state index contributed by atoms with van der Waals surface area (Å²) in [4.78, 5) is 26.5. The number of likely N-dealkylation sites (N-methyl/N-ethyl adjacent to an activating group) is 1. The second-order valence-electron chi connectivity index (χ2n) is 6.59. The van der Waals surface area contributed by atoms with Gasteiger partial charge in [-0.25, -0.2) is 0 Å². The number of anilines is 1. The third kappa shape index (κ3) is 3.87. The van der Waals surface area contributed by atoms with E-state index in [1.54, 1.807) is 18.2 Å². The highest BCUT2D eigenvalue weighted by molar-refractivity contribution is 5.96. The lowest BCUT2D eigenvalue weighted by atomic mass is 9.97. The maximum atomic E-state index is 12.7. The first-order chi connectivity index (χ1) is 12.0. The first kappa shape index (κ1) is 17.5. The average Bonchev–Trinajstić information content (AvgIpc) is 3.07. The van der Waals surface area contributed by atoms with E-state index in [1.807, 2.05) is 6.92 Å². The number of carbonyl (C=O) groups excluding carboxylic acids is 2. The van der Waals surface area contributed by atoms with Crippen molar-refractivity contribution >= 4 is 17.5 Å². The van der Waals surface area contributed by atoms with Gasteiger partial charge in [0.05, 0.1) is 12.1 Å². The van der Waals surface area contributed by atoms with E-state index in [0.29, 0.717) is 49.8 Å². The van der Waals surface area contributed by atoms with Crippen LogP contribution in [0.1, 0.15) is 32.6 Å². The number of nitrogens with two attached hydrogens (primary N) is 1. The molecule has 1 fully saturated rings. The molecule has 1 heterocycles. The summed E-state index contributed by atoms with van der Waals surface area (Å²) in [6, 6.07) is 5.25. The lowest BCUT2D eigenvalue weighted by molar-refractivity contribution is -0.139. The molecule has 0 unspecified atom stereocenters. The molecule has 0 saturated heterocycles. The number of amides is 2. The number of hydrogen-bond acceptors (Lipinski definition) is 5. The van der Waals surface area contributed by atoms with Crippen LogP contribution >= 0.6 is 0 Å². The standard InChI is InChI=1S/C18H25N3O4/c1-2-21(17(23)18(19)7-3-4-8-18)12-16(22)20-13-5-6-14-15(11-13)25-10-9-24-14/h5-6,11H,2-4,7-10,12,19H2,1H3,(H,20,22). The molecule has 1 saturated carbocycles. The minimum Gasteiger partial charge on any atom is -0.486 e. The van der Waals surface area contributed by atoms with Gasteiger partial charge in [0.25, 0.3) is 0 Å². The Kier molecular flexibility index (Phi) is 5.13. The molecule has 1 aliphatic carbocycles. The van der Waals surface area contributed by atoms with Gasteiger partial charge >= 0.3 is 0 Å². The van der Waals surface area contributed by atoms with Crippen molar-refractivity contribution in [2.75, 3.05) is 31.6 Å². The Bertz CT molecular complexity index is 656. The molecular weight excluding hydrogens is 322 g/mol. The van der Waals surface area contributed by atoms with E-state index in [1.165, 1.54) is 4.90 Å². The maximum absolute atomic E-state index is 12.7. The van der Waals surface area contributed by atoms with E-state index in [9.17, 15) is 9.59 Å². The smallest absolute Gasteiger partial charge is 0.243 e. The molecule has 2 amide bonds. The SMILES string of the molecule is CCN(CC(=O)Nc1ccc2c(c1)OCCO2)C(=O)C1(N)CCCC1. The third-order valence-electron chi connectivity index (χ3n) is 4.75. The summed E-state index contributed by atoms with van der Waals surface area (Å²) in [5.74, 6) is 0.888. The summed E-state index contributed by atoms with van der Waals surface area (Å²) in [5.41, 5.74) is 6.03. The lowest BCUT2D eigenvalue weighted by Gasteiger charge is -2.30. The molecule has 7 nitrogen and oxygen atoms in total. The molecule has 0 atom stereocenters. The van der Waals surface area contributed by atoms with Gasteiger partial charge in [0, 0.05) is 18.3 Å². The van der Waals surface area contributed by atoms with Crippen LogP contribution in [0.5, 0.6) is 11.5 Å². The van der Waals surface area contributed by atoms with Crippen molar-refractivity contribution < 1.29 is 19.1 Å². The van der Waals surface area contributed by atoms with Crippen molar-refractivity contribution in [2.24, 2.45) is 5.73 Å². The predicted molar refractivity (Wildman–Crippen MR) is 93.7 cm³/mol. The zero-order valence-electron chi connectivity index (χ0n) is 14.5. The van der Waals surface area contributed by atoms with Crippen molar-refractivity contribution in [3.8, 4) is 11.5 Å². The zero-order valence-corrected chi connectivity index (χ0v) is 14.5. The number of benzene rings is 1. The fourth-order valence-corrected chi connectivity index (χ4v) is 3.36. The van der Waals surface area contributed by atoms with Crippen molar-refractivity contribution in [3.63, 3.8) is 0 Å². The number of hydrogen-bond donors (Lipinski definition) is 2. The number of nitrogens with one attached hydrogen (secondary N) is 1. The summed E-state index contributed by atoms with van der Waals surface area (Å²) in [5, 5.41) is 2.81. The molecule has 0 bridgehead atoms. The second kappa shape index (κ2) is 7.31. The van der Waals surface area contributed by atoms with Crippen LogP contribution in [0.4, 0.5) is 5.69 Å². The van der Waals surface area contributed by atoms with Crippen LogP contribution < -0.4 is 20.5 Å². The minimum absolute atomic E-state index is 0.0112. The number of carbonyl (C=O) groups is 2. The molecule has 1 aromatic carbocycles. The Hall–Kier alpha value is -2.28. The van der Waals surface area contributed by atoms with Gasteiger partial charge in [0.2, 0.25) is 11.8 Å². The lowest BCUT2D eigenvalue weighted by Crippen LogP contribution is -2.55. The highest BCUT2D eigenvalue weighted by atomic mass is 16.6. The van der Waals surface area contributed by atoms with Gasteiger partial charge in [-0.05, 0) is 31.9 Å². The zero-order chi connectivity index (χ0) is 17.9. The van der Waals surface area contributed by atoms with E-state index in [-0.39, 0.29) is 18.4 Å². The Morgan fingerprint density at radius 1 is 1.20 bits per heavy atom. The molecule has 0 aromatic heterocycles. The highest BCUT2D eigenvalue weighted by Crippen LogP contribution is 2.32. The van der Waals surface area contributed by atoms with Gasteiger partial charge in [0.15, 0.2) is 11.5 Å². The van der Waals surface area contributed by atoms with Crippen LogP contribution in [-0.4, -0.2) is 48.6 Å². The Balaban J connectivity index is 1.61. The van der Waals surface area contributed by atoms with Crippen LogP contribution in [0.2, 0.25) is 0 Å². The topological polar surface area (TPSA) is 93.9 Å². The normalized spacial score (nSPS) is 17.8. The van der Waals surface area contributed by atoms with Crippen LogP contribution in [0.3, 0.4) is 0 Å². The van der Waals surface area contributed by atoms with E-state index in [0.717, 1.165) is 12.8 Å². The second-order valence-corrected chi connectivity index (χ2v) is 6.59. The summed E-state index contributed by atoms with van der Waals surface area (Å²) in [6.07, 6.45) is 3.30. The number of nitrogens with zero attached hydrogens (tertiary/aromatic N) is 1. The summed E-state index contributed by atoms with van der Waals surface area (Å²) in [6.45, 7) is 3.30. The fraction of sp³-hybridized carbons (Fsp3) is 0.556. The van der Waals surface area contributed by atoms with Crippen LogP contribution in [-0.2, 0) is 9.59 Å². The molecule has 0 radical (unpaired) electrons.